The first-order valence-corrected chi connectivity index (χ1v) is 9.45. The summed E-state index contributed by atoms with van der Waals surface area (Å²) in [6.07, 6.45) is -2.80. The van der Waals surface area contributed by atoms with Gasteiger partial charge in [-0.05, 0) is 42.3 Å². The summed E-state index contributed by atoms with van der Waals surface area (Å²) in [6, 6.07) is 15.5. The first kappa shape index (κ1) is 18.4. The van der Waals surface area contributed by atoms with Crippen molar-refractivity contribution in [2.75, 3.05) is 0 Å². The number of carbonyl (C=O) groups is 1. The van der Waals surface area contributed by atoms with Crippen molar-refractivity contribution >= 4 is 17.7 Å². The molecule has 1 aromatic heterocycles. The van der Waals surface area contributed by atoms with Crippen molar-refractivity contribution in [2.45, 2.75) is 29.2 Å². The molecule has 1 aliphatic heterocycles. The van der Waals surface area contributed by atoms with Gasteiger partial charge in [0.2, 0.25) is 0 Å². The molecule has 2 N–H and O–H groups in total. The minimum absolute atomic E-state index is 0.200. The fourth-order valence-corrected chi connectivity index (χ4v) is 4.36. The lowest BCUT2D eigenvalue weighted by Gasteiger charge is -2.29. The van der Waals surface area contributed by atoms with Crippen molar-refractivity contribution in [1.82, 2.24) is 10.3 Å². The Bertz CT molecular complexity index is 1130. The number of rotatable bonds is 3. The number of amides is 1. The Balaban J connectivity index is 1.73. The molecule has 1 unspecified atom stereocenters. The number of aryl methyl sites for hydroxylation is 1. The summed E-state index contributed by atoms with van der Waals surface area (Å²) in [4.78, 5) is 29.0. The number of hydrogen-bond acceptors (Lipinski definition) is 3. The molecule has 3 aromatic rings. The number of halogens is 2. The summed E-state index contributed by atoms with van der Waals surface area (Å²) in [5.41, 5.74) is 1.38. The van der Waals surface area contributed by atoms with Gasteiger partial charge < -0.3 is 10.3 Å². The predicted octanol–water partition coefficient (Wildman–Crippen LogP) is 4.60. The van der Waals surface area contributed by atoms with Gasteiger partial charge in [-0.25, -0.2) is 8.78 Å². The van der Waals surface area contributed by atoms with Crippen LogP contribution in [0.3, 0.4) is 0 Å². The van der Waals surface area contributed by atoms with E-state index < -0.39 is 29.6 Å². The molecule has 0 saturated carbocycles. The molecule has 28 heavy (non-hydrogen) atoms. The molecule has 1 aliphatic rings. The van der Waals surface area contributed by atoms with Gasteiger partial charge in [0.25, 0.3) is 17.9 Å². The van der Waals surface area contributed by atoms with Crippen LogP contribution in [0.4, 0.5) is 8.78 Å². The maximum absolute atomic E-state index is 12.8. The van der Waals surface area contributed by atoms with E-state index in [9.17, 15) is 18.4 Å². The van der Waals surface area contributed by atoms with Gasteiger partial charge >= 0.3 is 0 Å². The molecule has 1 atom stereocenters. The quantitative estimate of drug-likeness (QED) is 0.678. The summed E-state index contributed by atoms with van der Waals surface area (Å²) in [5.74, 6) is -0.610. The highest BCUT2D eigenvalue weighted by Gasteiger charge is 2.28. The van der Waals surface area contributed by atoms with Crippen LogP contribution in [0.2, 0.25) is 0 Å². The third-order valence-corrected chi connectivity index (χ3v) is 5.80. The molecular weight excluding hydrogens is 382 g/mol. The number of alkyl halides is 2. The molecule has 4 rings (SSSR count). The molecule has 0 spiro atoms. The molecule has 4 nitrogen and oxygen atoms in total. The fraction of sp³-hybridized carbons (Fsp3) is 0.143. The van der Waals surface area contributed by atoms with E-state index >= 15 is 0 Å². The van der Waals surface area contributed by atoms with Crippen LogP contribution in [0.1, 0.15) is 45.2 Å². The Morgan fingerprint density at radius 3 is 2.57 bits per heavy atom. The molecular formula is C21H16F2N2O2S. The number of aromatic nitrogens is 1. The molecule has 142 valence electrons. The summed E-state index contributed by atoms with van der Waals surface area (Å²) >= 11 is 1.62. The zero-order chi connectivity index (χ0) is 19.8. The van der Waals surface area contributed by atoms with E-state index in [0.717, 1.165) is 38.6 Å². The predicted molar refractivity (Wildman–Crippen MR) is 103 cm³/mol. The highest BCUT2D eigenvalue weighted by Crippen LogP contribution is 2.44. The van der Waals surface area contributed by atoms with E-state index in [1.165, 1.54) is 0 Å². The summed E-state index contributed by atoms with van der Waals surface area (Å²) in [5, 5.41) is 2.90. The topological polar surface area (TPSA) is 62.0 Å². The third kappa shape index (κ3) is 3.33. The molecule has 2 aromatic carbocycles. The SMILES string of the molecule is Cc1ccc2c(c1)C(NC(=O)c1ccc(C(F)F)[nH]c1=O)c1ccccc1S2. The molecule has 0 fully saturated rings. The average Bonchev–Trinajstić information content (AvgIpc) is 2.68. The lowest BCUT2D eigenvalue weighted by Crippen LogP contribution is -2.34. The van der Waals surface area contributed by atoms with Crippen LogP contribution in [0.15, 0.2) is 69.2 Å². The maximum atomic E-state index is 12.8. The van der Waals surface area contributed by atoms with Crippen molar-refractivity contribution in [3.05, 3.63) is 92.9 Å². The molecule has 7 heteroatoms. The molecule has 0 aliphatic carbocycles. The number of pyridine rings is 1. The fourth-order valence-electron chi connectivity index (χ4n) is 3.24. The van der Waals surface area contributed by atoms with E-state index in [2.05, 4.69) is 10.3 Å². The van der Waals surface area contributed by atoms with Crippen molar-refractivity contribution < 1.29 is 13.6 Å². The van der Waals surface area contributed by atoms with E-state index in [1.807, 2.05) is 49.4 Å². The molecule has 2 heterocycles. The van der Waals surface area contributed by atoms with Gasteiger partial charge in [-0.3, -0.25) is 9.59 Å². The van der Waals surface area contributed by atoms with E-state index in [-0.39, 0.29) is 5.56 Å². The van der Waals surface area contributed by atoms with Gasteiger partial charge in [-0.2, -0.15) is 0 Å². The second-order valence-electron chi connectivity index (χ2n) is 6.54. The monoisotopic (exact) mass is 398 g/mol. The van der Waals surface area contributed by atoms with E-state index in [0.29, 0.717) is 0 Å². The van der Waals surface area contributed by atoms with Gasteiger partial charge in [0, 0.05) is 9.79 Å². The number of carbonyl (C=O) groups excluding carboxylic acids is 1. The van der Waals surface area contributed by atoms with Crippen molar-refractivity contribution in [1.29, 1.82) is 0 Å². The van der Waals surface area contributed by atoms with Crippen LogP contribution in [0.5, 0.6) is 0 Å². The zero-order valence-electron chi connectivity index (χ0n) is 14.8. The smallest absolute Gasteiger partial charge is 0.278 e. The summed E-state index contributed by atoms with van der Waals surface area (Å²) in [7, 11) is 0. The van der Waals surface area contributed by atoms with Gasteiger partial charge in [0.15, 0.2) is 0 Å². The van der Waals surface area contributed by atoms with Gasteiger partial charge in [0.1, 0.15) is 5.56 Å². The molecule has 0 radical (unpaired) electrons. The van der Waals surface area contributed by atoms with Crippen LogP contribution in [0, 0.1) is 6.92 Å². The Morgan fingerprint density at radius 2 is 1.82 bits per heavy atom. The minimum atomic E-state index is -2.80. The second kappa shape index (κ2) is 7.24. The normalized spacial score (nSPS) is 15.1. The molecule has 1 amide bonds. The van der Waals surface area contributed by atoms with Gasteiger partial charge in [0.05, 0.1) is 11.7 Å². The van der Waals surface area contributed by atoms with Crippen molar-refractivity contribution in [3.63, 3.8) is 0 Å². The van der Waals surface area contributed by atoms with Crippen molar-refractivity contribution in [2.24, 2.45) is 0 Å². The number of H-pyrrole nitrogens is 1. The van der Waals surface area contributed by atoms with Crippen LogP contribution >= 0.6 is 11.8 Å². The minimum Gasteiger partial charge on any atom is -0.341 e. The second-order valence-corrected chi connectivity index (χ2v) is 7.63. The molecule has 0 bridgehead atoms. The largest absolute Gasteiger partial charge is 0.341 e. The summed E-state index contributed by atoms with van der Waals surface area (Å²) in [6.45, 7) is 1.97. The van der Waals surface area contributed by atoms with Crippen LogP contribution in [-0.4, -0.2) is 10.9 Å². The Hall–Kier alpha value is -2.93. The Morgan fingerprint density at radius 1 is 1.07 bits per heavy atom. The van der Waals surface area contributed by atoms with Crippen LogP contribution < -0.4 is 10.9 Å². The first-order chi connectivity index (χ1) is 13.4. The maximum Gasteiger partial charge on any atom is 0.278 e. The number of aromatic amines is 1. The highest BCUT2D eigenvalue weighted by molar-refractivity contribution is 7.99. The number of fused-ring (bicyclic) bond motifs is 2. The van der Waals surface area contributed by atoms with Gasteiger partial charge in [-0.15, -0.1) is 0 Å². The van der Waals surface area contributed by atoms with E-state index in [1.54, 1.807) is 11.8 Å². The lowest BCUT2D eigenvalue weighted by atomic mass is 9.96. The van der Waals surface area contributed by atoms with Crippen LogP contribution in [0.25, 0.3) is 0 Å². The summed E-state index contributed by atoms with van der Waals surface area (Å²) < 4.78 is 25.5. The Labute approximate surface area is 164 Å². The van der Waals surface area contributed by atoms with E-state index in [4.69, 9.17) is 0 Å². The van der Waals surface area contributed by atoms with Gasteiger partial charge in [-0.1, -0.05) is 47.7 Å². The number of benzene rings is 2. The Kier molecular flexibility index (Phi) is 4.77. The number of hydrogen-bond donors (Lipinski definition) is 2. The molecule has 0 saturated heterocycles. The number of nitrogens with one attached hydrogen (secondary N) is 2. The zero-order valence-corrected chi connectivity index (χ0v) is 15.6. The lowest BCUT2D eigenvalue weighted by molar-refractivity contribution is 0.0939. The average molecular weight is 398 g/mol. The standard InChI is InChI=1S/C21H16F2N2O2S/c1-11-6-9-17-14(10-11)18(12-4-2-3-5-16(12)28-17)25-21(27)13-7-8-15(19(22)23)24-20(13)26/h2-10,18-19H,1H3,(H,24,26)(H,25,27). The van der Waals surface area contributed by atoms with Crippen molar-refractivity contribution in [3.8, 4) is 0 Å². The van der Waals surface area contributed by atoms with Crippen LogP contribution in [-0.2, 0) is 0 Å². The third-order valence-electron chi connectivity index (χ3n) is 4.61. The first-order valence-electron chi connectivity index (χ1n) is 8.63. The highest BCUT2D eigenvalue weighted by atomic mass is 32.2.